The van der Waals surface area contributed by atoms with Crippen LogP contribution < -0.4 is 0 Å². The quantitative estimate of drug-likeness (QED) is 0.599. The van der Waals surface area contributed by atoms with Crippen LogP contribution in [0.2, 0.25) is 0 Å². The molecule has 0 aromatic heterocycles. The van der Waals surface area contributed by atoms with Crippen molar-refractivity contribution in [1.82, 2.24) is 0 Å². The van der Waals surface area contributed by atoms with Gasteiger partial charge in [-0.05, 0) is 18.2 Å². The Labute approximate surface area is 73.9 Å². The molecule has 0 fully saturated rings. The minimum Gasteiger partial charge on any atom is -0.396 e. The maximum absolute atomic E-state index is 8.45. The van der Waals surface area contributed by atoms with Crippen molar-refractivity contribution in [3.63, 3.8) is 0 Å². The monoisotopic (exact) mass is 174 g/mol. The van der Waals surface area contributed by atoms with Crippen LogP contribution in [0.4, 0.5) is 0 Å². The van der Waals surface area contributed by atoms with Gasteiger partial charge in [0.25, 0.3) is 0 Å². The average molecular weight is 174 g/mol. The van der Waals surface area contributed by atoms with E-state index >= 15 is 0 Å². The molecule has 0 aliphatic rings. The van der Waals surface area contributed by atoms with Crippen LogP contribution >= 0.6 is 11.8 Å². The summed E-state index contributed by atoms with van der Waals surface area (Å²) in [4.78, 5) is 0. The molecule has 0 rings (SSSR count). The number of allylic oxidation sites excluding steroid dienone is 1. The third-order valence-corrected chi connectivity index (χ3v) is 2.18. The first-order chi connectivity index (χ1) is 5.41. The lowest BCUT2D eigenvalue weighted by Gasteiger charge is -1.91. The van der Waals surface area contributed by atoms with Crippen LogP contribution in [-0.4, -0.2) is 17.5 Å². The molecule has 11 heavy (non-hydrogen) atoms. The molecule has 0 atom stereocenters. The molecule has 2 heteroatoms. The predicted octanol–water partition coefficient (Wildman–Crippen LogP) is 2.81. The maximum atomic E-state index is 8.45. The molecule has 1 N–H and O–H groups in total. The number of unbranched alkanes of at least 4 members (excludes halogenated alkanes) is 3. The van der Waals surface area contributed by atoms with Gasteiger partial charge in [0.15, 0.2) is 0 Å². The minimum absolute atomic E-state index is 0.282. The summed E-state index contributed by atoms with van der Waals surface area (Å²) in [5.74, 6) is 0.824. The van der Waals surface area contributed by atoms with Gasteiger partial charge in [0.1, 0.15) is 0 Å². The fourth-order valence-corrected chi connectivity index (χ4v) is 1.28. The van der Waals surface area contributed by atoms with Gasteiger partial charge in [0.05, 0.1) is 6.61 Å². The Morgan fingerprint density at radius 2 is 2.18 bits per heavy atom. The van der Waals surface area contributed by atoms with Gasteiger partial charge in [-0.25, -0.2) is 0 Å². The molecule has 66 valence electrons. The number of hydrogen-bond acceptors (Lipinski definition) is 2. The molecule has 1 nitrogen and oxygen atoms in total. The zero-order valence-electron chi connectivity index (χ0n) is 7.25. The van der Waals surface area contributed by atoms with Crippen molar-refractivity contribution >= 4 is 11.8 Å². The lowest BCUT2D eigenvalue weighted by Crippen LogP contribution is -1.81. The van der Waals surface area contributed by atoms with E-state index in [9.17, 15) is 0 Å². The maximum Gasteiger partial charge on any atom is 0.0525 e. The molecule has 0 unspecified atom stereocenters. The second kappa shape index (κ2) is 10.0. The van der Waals surface area contributed by atoms with Crippen LogP contribution in [-0.2, 0) is 0 Å². The highest BCUT2D eigenvalue weighted by atomic mass is 32.2. The number of aliphatic hydroxyl groups excluding tert-OH is 1. The fraction of sp³-hybridized carbons (Fsp3) is 0.778. The molecule has 0 aromatic rings. The van der Waals surface area contributed by atoms with Gasteiger partial charge in [0.2, 0.25) is 0 Å². The van der Waals surface area contributed by atoms with Gasteiger partial charge in [-0.3, -0.25) is 0 Å². The largest absolute Gasteiger partial charge is 0.396 e. The second-order valence-electron chi connectivity index (χ2n) is 2.46. The second-order valence-corrected chi connectivity index (χ2v) is 3.48. The van der Waals surface area contributed by atoms with Crippen LogP contribution in [0.25, 0.3) is 0 Å². The summed E-state index contributed by atoms with van der Waals surface area (Å²) in [6.07, 6.45) is 7.29. The number of hydrogen-bond donors (Lipinski definition) is 1. The molecule has 0 heterocycles. The lowest BCUT2D eigenvalue weighted by atomic mass is 10.2. The van der Waals surface area contributed by atoms with E-state index in [1.54, 1.807) is 11.8 Å². The molecule has 0 radical (unpaired) electrons. The molecule has 0 aliphatic heterocycles. The predicted molar refractivity (Wildman–Crippen MR) is 52.8 cm³/mol. The molecule has 0 amide bonds. The molecular weight excluding hydrogens is 156 g/mol. The van der Waals surface area contributed by atoms with Crippen molar-refractivity contribution in [3.05, 3.63) is 11.5 Å². The Hall–Kier alpha value is 0.0500. The Balaban J connectivity index is 2.91. The molecule has 0 saturated heterocycles. The lowest BCUT2D eigenvalue weighted by molar-refractivity contribution is 0.322. The van der Waals surface area contributed by atoms with Crippen LogP contribution in [0.15, 0.2) is 11.5 Å². The number of aliphatic hydroxyl groups is 1. The zero-order chi connectivity index (χ0) is 8.36. The third-order valence-electron chi connectivity index (χ3n) is 1.38. The van der Waals surface area contributed by atoms with E-state index in [4.69, 9.17) is 5.11 Å². The summed E-state index contributed by atoms with van der Waals surface area (Å²) in [7, 11) is 0. The summed E-state index contributed by atoms with van der Waals surface area (Å²) in [6, 6.07) is 0. The van der Waals surface area contributed by atoms with Gasteiger partial charge in [0, 0.05) is 5.75 Å². The van der Waals surface area contributed by atoms with Crippen molar-refractivity contribution in [3.8, 4) is 0 Å². The highest BCUT2D eigenvalue weighted by molar-refractivity contribution is 8.02. The number of thioether (sulfide) groups is 1. The SMILES string of the molecule is CCCCC/C=C/SCCO. The van der Waals surface area contributed by atoms with E-state index in [2.05, 4.69) is 18.4 Å². The van der Waals surface area contributed by atoms with Gasteiger partial charge >= 0.3 is 0 Å². The topological polar surface area (TPSA) is 20.2 Å². The normalized spacial score (nSPS) is 11.1. The summed E-state index contributed by atoms with van der Waals surface area (Å²) >= 11 is 1.68. The van der Waals surface area contributed by atoms with E-state index in [1.165, 1.54) is 25.7 Å². The van der Waals surface area contributed by atoms with Crippen LogP contribution in [0, 0.1) is 0 Å². The molecule has 0 aromatic carbocycles. The van der Waals surface area contributed by atoms with Crippen molar-refractivity contribution < 1.29 is 5.11 Å². The first-order valence-corrected chi connectivity index (χ1v) is 5.34. The Kier molecular flexibility index (Phi) is 10.1. The summed E-state index contributed by atoms with van der Waals surface area (Å²) in [5.41, 5.74) is 0. The molecule has 0 aliphatic carbocycles. The fourth-order valence-electron chi connectivity index (χ4n) is 0.769. The minimum atomic E-state index is 0.282. The van der Waals surface area contributed by atoms with Gasteiger partial charge in [-0.1, -0.05) is 25.8 Å². The van der Waals surface area contributed by atoms with E-state index < -0.39 is 0 Å². The van der Waals surface area contributed by atoms with Crippen molar-refractivity contribution in [1.29, 1.82) is 0 Å². The zero-order valence-corrected chi connectivity index (χ0v) is 8.07. The first kappa shape index (κ1) is 11.1. The van der Waals surface area contributed by atoms with Crippen LogP contribution in [0.1, 0.15) is 32.6 Å². The van der Waals surface area contributed by atoms with Crippen LogP contribution in [0.3, 0.4) is 0 Å². The number of rotatable bonds is 7. The highest BCUT2D eigenvalue weighted by Crippen LogP contribution is 2.04. The van der Waals surface area contributed by atoms with E-state index in [0.29, 0.717) is 0 Å². The van der Waals surface area contributed by atoms with Crippen LogP contribution in [0.5, 0.6) is 0 Å². The molecule has 0 spiro atoms. The highest BCUT2D eigenvalue weighted by Gasteiger charge is 1.81. The van der Waals surface area contributed by atoms with Crippen molar-refractivity contribution in [2.24, 2.45) is 0 Å². The third kappa shape index (κ3) is 10.1. The van der Waals surface area contributed by atoms with Gasteiger partial charge < -0.3 is 5.11 Å². The van der Waals surface area contributed by atoms with Crippen molar-refractivity contribution in [2.75, 3.05) is 12.4 Å². The van der Waals surface area contributed by atoms with E-state index in [-0.39, 0.29) is 6.61 Å². The van der Waals surface area contributed by atoms with Gasteiger partial charge in [-0.15, -0.1) is 11.8 Å². The molecule has 0 bridgehead atoms. The van der Waals surface area contributed by atoms with E-state index in [0.717, 1.165) is 5.75 Å². The standard InChI is InChI=1S/C9H18OS/c1-2-3-4-5-6-8-11-9-7-10/h6,8,10H,2-5,7,9H2,1H3/b8-6+. The average Bonchev–Trinajstić information content (AvgIpc) is 2.03. The Morgan fingerprint density at radius 3 is 2.82 bits per heavy atom. The smallest absolute Gasteiger partial charge is 0.0525 e. The Morgan fingerprint density at radius 1 is 1.36 bits per heavy atom. The molecular formula is C9H18OS. The summed E-state index contributed by atoms with van der Waals surface area (Å²) < 4.78 is 0. The van der Waals surface area contributed by atoms with Gasteiger partial charge in [-0.2, -0.15) is 0 Å². The Bertz CT molecular complexity index is 91.6. The van der Waals surface area contributed by atoms with E-state index in [1.807, 2.05) is 0 Å². The summed E-state index contributed by atoms with van der Waals surface area (Å²) in [5, 5.41) is 10.5. The molecule has 0 saturated carbocycles. The summed E-state index contributed by atoms with van der Waals surface area (Å²) in [6.45, 7) is 2.49. The van der Waals surface area contributed by atoms with Crippen molar-refractivity contribution in [2.45, 2.75) is 32.6 Å². The first-order valence-electron chi connectivity index (χ1n) is 4.29.